The highest BCUT2D eigenvalue weighted by Crippen LogP contribution is 2.17. The number of halogens is 2. The van der Waals surface area contributed by atoms with E-state index in [0.717, 1.165) is 23.0 Å². The molecule has 21 heavy (non-hydrogen) atoms. The minimum absolute atomic E-state index is 0.0374. The van der Waals surface area contributed by atoms with E-state index in [9.17, 15) is 18.4 Å². The van der Waals surface area contributed by atoms with Crippen LogP contribution in [0, 0.1) is 11.6 Å². The standard InChI is InChI=1S/C13H10F2N2O4/c1-2-21-13(20)11-8(12(18)19)6-17(16-11)10-4-3-7(14)5-9(10)15/h3-6H,2H2,1H3,(H,18,19). The number of carbonyl (C=O) groups excluding carboxylic acids is 1. The lowest BCUT2D eigenvalue weighted by Crippen LogP contribution is -2.11. The lowest BCUT2D eigenvalue weighted by molar-refractivity contribution is 0.0507. The lowest BCUT2D eigenvalue weighted by atomic mass is 10.2. The van der Waals surface area contributed by atoms with Crippen LogP contribution in [0.25, 0.3) is 5.69 Å². The molecule has 0 atom stereocenters. The van der Waals surface area contributed by atoms with Gasteiger partial charge in [-0.25, -0.2) is 23.1 Å². The summed E-state index contributed by atoms with van der Waals surface area (Å²) in [6.07, 6.45) is 0.963. The number of nitrogens with zero attached hydrogens (tertiary/aromatic N) is 2. The lowest BCUT2D eigenvalue weighted by Gasteiger charge is -2.02. The third kappa shape index (κ3) is 2.88. The molecule has 6 nitrogen and oxygen atoms in total. The maximum Gasteiger partial charge on any atom is 0.359 e. The molecule has 1 N–H and O–H groups in total. The Kier molecular flexibility index (Phi) is 3.97. The second kappa shape index (κ2) is 5.70. The highest BCUT2D eigenvalue weighted by Gasteiger charge is 2.24. The third-order valence-electron chi connectivity index (χ3n) is 2.57. The van der Waals surface area contributed by atoms with Crippen molar-refractivity contribution in [3.05, 3.63) is 47.3 Å². The van der Waals surface area contributed by atoms with Crippen molar-refractivity contribution in [1.29, 1.82) is 0 Å². The van der Waals surface area contributed by atoms with Gasteiger partial charge in [0.1, 0.15) is 17.1 Å². The van der Waals surface area contributed by atoms with Crippen LogP contribution in [0.3, 0.4) is 0 Å². The molecule has 0 fully saturated rings. The molecular weight excluding hydrogens is 286 g/mol. The zero-order chi connectivity index (χ0) is 15.6. The zero-order valence-corrected chi connectivity index (χ0v) is 10.8. The summed E-state index contributed by atoms with van der Waals surface area (Å²) >= 11 is 0. The summed E-state index contributed by atoms with van der Waals surface area (Å²) < 4.78 is 32.1. The summed E-state index contributed by atoms with van der Waals surface area (Å²) in [5.41, 5.74) is -1.07. The van der Waals surface area contributed by atoms with Crippen molar-refractivity contribution >= 4 is 11.9 Å². The first kappa shape index (κ1) is 14.6. The van der Waals surface area contributed by atoms with Gasteiger partial charge in [-0.3, -0.25) is 0 Å². The molecule has 0 bridgehead atoms. The number of rotatable bonds is 4. The van der Waals surface area contributed by atoms with E-state index in [1.807, 2.05) is 0 Å². The topological polar surface area (TPSA) is 81.4 Å². The minimum Gasteiger partial charge on any atom is -0.478 e. The average molecular weight is 296 g/mol. The monoisotopic (exact) mass is 296 g/mol. The Balaban J connectivity index is 2.53. The van der Waals surface area contributed by atoms with E-state index in [2.05, 4.69) is 9.84 Å². The SMILES string of the molecule is CCOC(=O)c1nn(-c2ccc(F)cc2F)cc1C(=O)O. The first-order valence-electron chi connectivity index (χ1n) is 5.89. The first-order chi connectivity index (χ1) is 9.93. The van der Waals surface area contributed by atoms with Gasteiger partial charge >= 0.3 is 11.9 Å². The van der Waals surface area contributed by atoms with Crippen LogP contribution in [0.4, 0.5) is 8.78 Å². The van der Waals surface area contributed by atoms with Gasteiger partial charge in [-0.05, 0) is 19.1 Å². The van der Waals surface area contributed by atoms with E-state index in [4.69, 9.17) is 5.11 Å². The molecule has 0 radical (unpaired) electrons. The van der Waals surface area contributed by atoms with Crippen molar-refractivity contribution in [2.24, 2.45) is 0 Å². The number of esters is 1. The Morgan fingerprint density at radius 1 is 1.38 bits per heavy atom. The Bertz CT molecular complexity index is 712. The molecule has 0 saturated carbocycles. The number of hydrogen-bond donors (Lipinski definition) is 1. The zero-order valence-electron chi connectivity index (χ0n) is 10.8. The second-order valence-corrected chi connectivity index (χ2v) is 3.96. The minimum atomic E-state index is -1.41. The summed E-state index contributed by atoms with van der Waals surface area (Å²) in [5, 5.41) is 12.8. The van der Waals surface area contributed by atoms with Crippen LogP contribution >= 0.6 is 0 Å². The molecule has 1 aromatic carbocycles. The third-order valence-corrected chi connectivity index (χ3v) is 2.57. The Morgan fingerprint density at radius 2 is 2.10 bits per heavy atom. The molecule has 0 amide bonds. The van der Waals surface area contributed by atoms with Crippen molar-refractivity contribution in [1.82, 2.24) is 9.78 Å². The van der Waals surface area contributed by atoms with Crippen molar-refractivity contribution in [3.8, 4) is 5.69 Å². The van der Waals surface area contributed by atoms with Gasteiger partial charge in [0.25, 0.3) is 0 Å². The number of carboxylic acid groups (broad SMARTS) is 1. The number of hydrogen-bond acceptors (Lipinski definition) is 4. The van der Waals surface area contributed by atoms with Gasteiger partial charge in [0.05, 0.1) is 6.61 Å². The second-order valence-electron chi connectivity index (χ2n) is 3.96. The largest absolute Gasteiger partial charge is 0.478 e. The molecule has 2 aromatic rings. The number of carboxylic acids is 1. The summed E-state index contributed by atoms with van der Waals surface area (Å²) in [5.74, 6) is -4.07. The fraction of sp³-hybridized carbons (Fsp3) is 0.154. The number of aromatic nitrogens is 2. The van der Waals surface area contributed by atoms with Crippen LogP contribution in [0.5, 0.6) is 0 Å². The Hall–Kier alpha value is -2.77. The van der Waals surface area contributed by atoms with E-state index in [-0.39, 0.29) is 12.3 Å². The summed E-state index contributed by atoms with van der Waals surface area (Å²) in [7, 11) is 0. The van der Waals surface area contributed by atoms with Crippen LogP contribution in [0.2, 0.25) is 0 Å². The van der Waals surface area contributed by atoms with Gasteiger partial charge in [0.2, 0.25) is 0 Å². The molecule has 110 valence electrons. The predicted molar refractivity (Wildman–Crippen MR) is 66.4 cm³/mol. The van der Waals surface area contributed by atoms with Crippen molar-refractivity contribution in [3.63, 3.8) is 0 Å². The molecule has 0 spiro atoms. The average Bonchev–Trinajstić information content (AvgIpc) is 2.84. The van der Waals surface area contributed by atoms with Crippen LogP contribution in [-0.4, -0.2) is 33.4 Å². The normalized spacial score (nSPS) is 10.4. The quantitative estimate of drug-likeness (QED) is 0.873. The molecule has 0 aliphatic heterocycles. The van der Waals surface area contributed by atoms with Gasteiger partial charge in [-0.1, -0.05) is 0 Å². The van der Waals surface area contributed by atoms with E-state index in [1.54, 1.807) is 6.92 Å². The van der Waals surface area contributed by atoms with Crippen LogP contribution < -0.4 is 0 Å². The number of aromatic carboxylic acids is 1. The molecule has 8 heteroatoms. The van der Waals surface area contributed by atoms with E-state index >= 15 is 0 Å². The highest BCUT2D eigenvalue weighted by molar-refractivity contribution is 6.00. The summed E-state index contributed by atoms with van der Waals surface area (Å²) in [4.78, 5) is 22.7. The molecule has 0 aliphatic rings. The van der Waals surface area contributed by atoms with Gasteiger partial charge < -0.3 is 9.84 Å². The molecule has 1 aromatic heterocycles. The van der Waals surface area contributed by atoms with Crippen LogP contribution in [0.15, 0.2) is 24.4 Å². The summed E-state index contributed by atoms with van der Waals surface area (Å²) in [6.45, 7) is 1.59. The Labute approximate surface area is 117 Å². The van der Waals surface area contributed by atoms with E-state index in [1.165, 1.54) is 0 Å². The van der Waals surface area contributed by atoms with E-state index in [0.29, 0.717) is 6.07 Å². The molecule has 2 rings (SSSR count). The van der Waals surface area contributed by atoms with Gasteiger partial charge in [-0.15, -0.1) is 0 Å². The number of ether oxygens (including phenoxy) is 1. The fourth-order valence-corrected chi connectivity index (χ4v) is 1.67. The molecule has 0 aliphatic carbocycles. The maximum absolute atomic E-state index is 13.7. The van der Waals surface area contributed by atoms with E-state index < -0.39 is 34.8 Å². The molecule has 1 heterocycles. The van der Waals surface area contributed by atoms with Gasteiger partial charge in [0, 0.05) is 12.3 Å². The first-order valence-corrected chi connectivity index (χ1v) is 5.89. The highest BCUT2D eigenvalue weighted by atomic mass is 19.1. The van der Waals surface area contributed by atoms with Crippen molar-refractivity contribution in [2.75, 3.05) is 6.61 Å². The van der Waals surface area contributed by atoms with Crippen molar-refractivity contribution in [2.45, 2.75) is 6.92 Å². The molecule has 0 saturated heterocycles. The summed E-state index contributed by atoms with van der Waals surface area (Å²) in [6, 6.07) is 2.70. The molecular formula is C13H10F2N2O4. The number of carbonyl (C=O) groups is 2. The molecule has 0 unspecified atom stereocenters. The van der Waals surface area contributed by atoms with Crippen LogP contribution in [-0.2, 0) is 4.74 Å². The maximum atomic E-state index is 13.7. The van der Waals surface area contributed by atoms with Crippen LogP contribution in [0.1, 0.15) is 27.8 Å². The van der Waals surface area contributed by atoms with Crippen molar-refractivity contribution < 1.29 is 28.2 Å². The number of benzene rings is 1. The Morgan fingerprint density at radius 3 is 2.67 bits per heavy atom. The fourth-order valence-electron chi connectivity index (χ4n) is 1.67. The van der Waals surface area contributed by atoms with Gasteiger partial charge in [-0.2, -0.15) is 5.10 Å². The van der Waals surface area contributed by atoms with Gasteiger partial charge in [0.15, 0.2) is 11.5 Å². The predicted octanol–water partition coefficient (Wildman–Crippen LogP) is 2.03. The smallest absolute Gasteiger partial charge is 0.359 e.